The van der Waals surface area contributed by atoms with E-state index in [1.165, 1.54) is 18.4 Å². The first-order valence-corrected chi connectivity index (χ1v) is 9.37. The molecule has 0 N–H and O–H groups in total. The third-order valence-corrected chi connectivity index (χ3v) is 5.28. The lowest BCUT2D eigenvalue weighted by Gasteiger charge is -2.10. The number of hydrogen-bond acceptors (Lipinski definition) is 4. The topological polar surface area (TPSA) is 54.5 Å². The molecule has 1 saturated carbocycles. The van der Waals surface area contributed by atoms with E-state index >= 15 is 0 Å². The van der Waals surface area contributed by atoms with Crippen molar-refractivity contribution in [1.29, 1.82) is 5.26 Å². The van der Waals surface area contributed by atoms with Crippen molar-refractivity contribution >= 4 is 11.8 Å². The summed E-state index contributed by atoms with van der Waals surface area (Å²) in [7, 11) is 0. The fourth-order valence-electron chi connectivity index (χ4n) is 2.87. The van der Waals surface area contributed by atoms with E-state index in [1.54, 1.807) is 11.8 Å². The van der Waals surface area contributed by atoms with Crippen LogP contribution in [0.3, 0.4) is 0 Å². The van der Waals surface area contributed by atoms with Gasteiger partial charge in [-0.15, -0.1) is 10.2 Å². The molecule has 0 spiro atoms. The van der Waals surface area contributed by atoms with Crippen molar-refractivity contribution in [2.45, 2.75) is 36.6 Å². The summed E-state index contributed by atoms with van der Waals surface area (Å²) in [5, 5.41) is 18.9. The molecule has 0 unspecified atom stereocenters. The Morgan fingerprint density at radius 3 is 2.76 bits per heavy atom. The van der Waals surface area contributed by atoms with Crippen LogP contribution in [0, 0.1) is 18.3 Å². The minimum Gasteiger partial charge on any atom is -0.274 e. The normalized spacial score (nSPS) is 13.6. The third-order valence-electron chi connectivity index (χ3n) is 4.28. The smallest absolute Gasteiger partial charge is 0.196 e. The second kappa shape index (κ2) is 6.73. The molecule has 0 saturated heterocycles. The van der Waals surface area contributed by atoms with Crippen LogP contribution in [0.25, 0.3) is 5.69 Å². The van der Waals surface area contributed by atoms with E-state index < -0.39 is 0 Å². The predicted molar refractivity (Wildman–Crippen MR) is 98.8 cm³/mol. The minimum atomic E-state index is 0.532. The number of hydrogen-bond donors (Lipinski definition) is 0. The number of rotatable bonds is 5. The van der Waals surface area contributed by atoms with Crippen molar-refractivity contribution in [1.82, 2.24) is 14.8 Å². The number of aromatic nitrogens is 3. The van der Waals surface area contributed by atoms with Crippen LogP contribution >= 0.6 is 11.8 Å². The maximum Gasteiger partial charge on any atom is 0.196 e. The average molecular weight is 346 g/mol. The highest BCUT2D eigenvalue weighted by Crippen LogP contribution is 2.41. The van der Waals surface area contributed by atoms with Gasteiger partial charge in [0.2, 0.25) is 0 Å². The molecule has 1 heterocycles. The zero-order chi connectivity index (χ0) is 17.2. The molecule has 0 atom stereocenters. The third kappa shape index (κ3) is 3.45. The molecule has 5 heteroatoms. The van der Waals surface area contributed by atoms with Crippen molar-refractivity contribution < 1.29 is 0 Å². The van der Waals surface area contributed by atoms with Gasteiger partial charge in [-0.3, -0.25) is 4.57 Å². The van der Waals surface area contributed by atoms with Crippen LogP contribution in [0.1, 0.15) is 41.3 Å². The summed E-state index contributed by atoms with van der Waals surface area (Å²) < 4.78 is 2.20. The molecule has 2 aromatic carbocycles. The molecule has 25 heavy (non-hydrogen) atoms. The molecule has 3 aromatic rings. The maximum absolute atomic E-state index is 9.05. The Bertz CT molecular complexity index is 950. The largest absolute Gasteiger partial charge is 0.274 e. The number of benzene rings is 2. The molecule has 124 valence electrons. The summed E-state index contributed by atoms with van der Waals surface area (Å²) in [6, 6.07) is 18.4. The standard InChI is InChI=1S/C20H18N4S/c1-14-4-2-7-18(10-14)24-19(17-8-9-17)22-23-20(24)25-13-16-6-3-5-15(11-16)12-21/h2-7,10-11,17H,8-9,13H2,1H3. The van der Waals surface area contributed by atoms with Gasteiger partial charge in [-0.05, 0) is 55.2 Å². The molecule has 1 aliphatic rings. The second-order valence-electron chi connectivity index (χ2n) is 6.39. The van der Waals surface area contributed by atoms with Crippen molar-refractivity contribution in [3.63, 3.8) is 0 Å². The van der Waals surface area contributed by atoms with Gasteiger partial charge in [0.25, 0.3) is 0 Å². The molecule has 1 fully saturated rings. The fraction of sp³-hybridized carbons (Fsp3) is 0.250. The van der Waals surface area contributed by atoms with E-state index in [1.807, 2.05) is 24.3 Å². The van der Waals surface area contributed by atoms with Gasteiger partial charge in [0.05, 0.1) is 11.6 Å². The van der Waals surface area contributed by atoms with E-state index in [2.05, 4.69) is 52.0 Å². The Morgan fingerprint density at radius 2 is 2.00 bits per heavy atom. The van der Waals surface area contributed by atoms with Crippen LogP contribution in [-0.4, -0.2) is 14.8 Å². The summed E-state index contributed by atoms with van der Waals surface area (Å²) in [5.74, 6) is 2.37. The van der Waals surface area contributed by atoms with Gasteiger partial charge >= 0.3 is 0 Å². The van der Waals surface area contributed by atoms with Gasteiger partial charge in [-0.2, -0.15) is 5.26 Å². The molecule has 1 aromatic heterocycles. The van der Waals surface area contributed by atoms with Crippen LogP contribution in [0.2, 0.25) is 0 Å². The molecule has 0 amide bonds. The van der Waals surface area contributed by atoms with Gasteiger partial charge in [-0.1, -0.05) is 36.0 Å². The van der Waals surface area contributed by atoms with Crippen LogP contribution in [0.4, 0.5) is 0 Å². The Balaban J connectivity index is 1.64. The van der Waals surface area contributed by atoms with Gasteiger partial charge in [0.1, 0.15) is 5.82 Å². The highest BCUT2D eigenvalue weighted by molar-refractivity contribution is 7.98. The number of nitrogens with zero attached hydrogens (tertiary/aromatic N) is 4. The number of aryl methyl sites for hydroxylation is 1. The first-order chi connectivity index (χ1) is 12.2. The zero-order valence-corrected chi connectivity index (χ0v) is 14.8. The molecular formula is C20H18N4S. The first kappa shape index (κ1) is 15.9. The lowest BCUT2D eigenvalue weighted by Crippen LogP contribution is -2.02. The van der Waals surface area contributed by atoms with Gasteiger partial charge < -0.3 is 0 Å². The van der Waals surface area contributed by atoms with Crippen LogP contribution < -0.4 is 0 Å². The minimum absolute atomic E-state index is 0.532. The van der Waals surface area contributed by atoms with E-state index in [0.29, 0.717) is 11.5 Å². The highest BCUT2D eigenvalue weighted by atomic mass is 32.2. The maximum atomic E-state index is 9.05. The molecule has 1 aliphatic carbocycles. The quantitative estimate of drug-likeness (QED) is 0.633. The molecule has 4 rings (SSSR count). The van der Waals surface area contributed by atoms with Gasteiger partial charge in [-0.25, -0.2) is 0 Å². The van der Waals surface area contributed by atoms with Crippen LogP contribution in [0.15, 0.2) is 53.7 Å². The summed E-state index contributed by atoms with van der Waals surface area (Å²) in [4.78, 5) is 0. The lowest BCUT2D eigenvalue weighted by molar-refractivity contribution is 0.828. The predicted octanol–water partition coefficient (Wildman–Crippen LogP) is 4.62. The zero-order valence-electron chi connectivity index (χ0n) is 14.0. The Kier molecular flexibility index (Phi) is 4.29. The highest BCUT2D eigenvalue weighted by Gasteiger charge is 2.31. The van der Waals surface area contributed by atoms with E-state index in [9.17, 15) is 0 Å². The molecular weight excluding hydrogens is 328 g/mol. The lowest BCUT2D eigenvalue weighted by atomic mass is 10.2. The van der Waals surface area contributed by atoms with Crippen molar-refractivity contribution in [3.8, 4) is 11.8 Å². The first-order valence-electron chi connectivity index (χ1n) is 8.39. The average Bonchev–Trinajstić information content (AvgIpc) is 3.39. The van der Waals surface area contributed by atoms with E-state index in [0.717, 1.165) is 28.0 Å². The number of nitriles is 1. The Morgan fingerprint density at radius 1 is 1.16 bits per heavy atom. The van der Waals surface area contributed by atoms with Crippen molar-refractivity contribution in [3.05, 3.63) is 71.0 Å². The Hall–Kier alpha value is -2.58. The summed E-state index contributed by atoms with van der Waals surface area (Å²) in [6.45, 7) is 2.10. The molecule has 0 aliphatic heterocycles. The van der Waals surface area contributed by atoms with E-state index in [-0.39, 0.29) is 0 Å². The van der Waals surface area contributed by atoms with Crippen molar-refractivity contribution in [2.75, 3.05) is 0 Å². The molecule has 0 bridgehead atoms. The summed E-state index contributed by atoms with van der Waals surface area (Å²) in [5.41, 5.74) is 4.17. The summed E-state index contributed by atoms with van der Waals surface area (Å²) in [6.07, 6.45) is 2.39. The van der Waals surface area contributed by atoms with Gasteiger partial charge in [0, 0.05) is 17.4 Å². The SMILES string of the molecule is Cc1cccc(-n2c(SCc3cccc(C#N)c3)nnc2C2CC2)c1. The van der Waals surface area contributed by atoms with Crippen LogP contribution in [-0.2, 0) is 5.75 Å². The molecule has 0 radical (unpaired) electrons. The second-order valence-corrected chi connectivity index (χ2v) is 7.33. The molecule has 4 nitrogen and oxygen atoms in total. The van der Waals surface area contributed by atoms with E-state index in [4.69, 9.17) is 5.26 Å². The van der Waals surface area contributed by atoms with Crippen LogP contribution in [0.5, 0.6) is 0 Å². The van der Waals surface area contributed by atoms with Crippen molar-refractivity contribution in [2.24, 2.45) is 0 Å². The monoisotopic (exact) mass is 346 g/mol. The Labute approximate surface area is 151 Å². The van der Waals surface area contributed by atoms with Gasteiger partial charge in [0.15, 0.2) is 5.16 Å². The number of thioether (sulfide) groups is 1. The summed E-state index contributed by atoms with van der Waals surface area (Å²) >= 11 is 1.67. The fourth-order valence-corrected chi connectivity index (χ4v) is 3.77.